The lowest BCUT2D eigenvalue weighted by Crippen LogP contribution is -2.12. The Kier molecular flexibility index (Phi) is 3.53. The summed E-state index contributed by atoms with van der Waals surface area (Å²) in [6.45, 7) is 1.71. The predicted octanol–water partition coefficient (Wildman–Crippen LogP) is 2.91. The molecule has 0 aliphatic carbocycles. The van der Waals surface area contributed by atoms with Gasteiger partial charge in [0.25, 0.3) is 0 Å². The first-order valence-electron chi connectivity index (χ1n) is 5.35. The minimum Gasteiger partial charge on any atom is -0.389 e. The minimum atomic E-state index is -0.235. The molecule has 0 fully saturated rings. The summed E-state index contributed by atoms with van der Waals surface area (Å²) in [4.78, 5) is 4.30. The molecule has 0 amide bonds. The summed E-state index contributed by atoms with van der Waals surface area (Å²) in [7, 11) is 0. The highest BCUT2D eigenvalue weighted by Gasteiger charge is 2.06. The summed E-state index contributed by atoms with van der Waals surface area (Å²) in [6, 6.07) is 6.51. The van der Waals surface area contributed by atoms with Crippen LogP contribution in [0.1, 0.15) is 11.1 Å². The average Bonchev–Trinajstić information content (AvgIpc) is 2.34. The van der Waals surface area contributed by atoms with E-state index in [4.69, 9.17) is 18.0 Å². The first-order chi connectivity index (χ1) is 8.58. The molecule has 0 aliphatic heterocycles. The van der Waals surface area contributed by atoms with Crippen molar-refractivity contribution in [2.75, 3.05) is 5.32 Å². The van der Waals surface area contributed by atoms with E-state index in [1.807, 2.05) is 0 Å². The third-order valence-electron chi connectivity index (χ3n) is 2.52. The Morgan fingerprint density at radius 3 is 2.83 bits per heavy atom. The first kappa shape index (κ1) is 12.4. The van der Waals surface area contributed by atoms with E-state index in [-0.39, 0.29) is 5.82 Å². The topological polar surface area (TPSA) is 50.9 Å². The number of aromatic nitrogens is 1. The zero-order valence-corrected chi connectivity index (χ0v) is 10.6. The molecule has 92 valence electrons. The van der Waals surface area contributed by atoms with Gasteiger partial charge in [-0.15, -0.1) is 0 Å². The molecule has 0 spiro atoms. The van der Waals surface area contributed by atoms with Gasteiger partial charge in [-0.1, -0.05) is 12.2 Å². The average molecular weight is 261 g/mol. The number of aryl methyl sites for hydroxylation is 1. The lowest BCUT2D eigenvalue weighted by atomic mass is 10.2. The van der Waals surface area contributed by atoms with Crippen molar-refractivity contribution in [3.05, 3.63) is 53.6 Å². The second-order valence-corrected chi connectivity index (χ2v) is 4.31. The zero-order valence-electron chi connectivity index (χ0n) is 9.77. The van der Waals surface area contributed by atoms with E-state index in [1.165, 1.54) is 6.07 Å². The van der Waals surface area contributed by atoms with Crippen molar-refractivity contribution in [3.63, 3.8) is 0 Å². The number of rotatable bonds is 3. The van der Waals surface area contributed by atoms with Crippen molar-refractivity contribution in [1.29, 1.82) is 0 Å². The van der Waals surface area contributed by atoms with Crippen LogP contribution in [-0.2, 0) is 0 Å². The molecule has 3 N–H and O–H groups in total. The van der Waals surface area contributed by atoms with Gasteiger partial charge in [0.15, 0.2) is 0 Å². The van der Waals surface area contributed by atoms with Gasteiger partial charge in [0.2, 0.25) is 0 Å². The molecule has 0 saturated heterocycles. The number of nitrogens with two attached hydrogens (primary N) is 1. The van der Waals surface area contributed by atoms with Crippen molar-refractivity contribution in [2.45, 2.75) is 6.92 Å². The quantitative estimate of drug-likeness (QED) is 0.834. The Morgan fingerprint density at radius 1 is 1.39 bits per heavy atom. The lowest BCUT2D eigenvalue weighted by molar-refractivity contribution is 0.619. The van der Waals surface area contributed by atoms with Gasteiger partial charge < -0.3 is 11.1 Å². The van der Waals surface area contributed by atoms with E-state index < -0.39 is 0 Å². The third-order valence-corrected chi connectivity index (χ3v) is 2.74. The molecular weight excluding hydrogens is 249 g/mol. The predicted molar refractivity (Wildman–Crippen MR) is 74.5 cm³/mol. The van der Waals surface area contributed by atoms with Crippen LogP contribution in [0.25, 0.3) is 0 Å². The van der Waals surface area contributed by atoms with Crippen molar-refractivity contribution < 1.29 is 4.39 Å². The van der Waals surface area contributed by atoms with Gasteiger partial charge in [-0.05, 0) is 36.8 Å². The Labute approximate surface area is 110 Å². The van der Waals surface area contributed by atoms with Gasteiger partial charge in [-0.3, -0.25) is 4.98 Å². The van der Waals surface area contributed by atoms with E-state index in [0.717, 1.165) is 5.69 Å². The highest BCUT2D eigenvalue weighted by molar-refractivity contribution is 7.80. The number of hydrogen-bond acceptors (Lipinski definition) is 3. The Hall–Kier alpha value is -2.01. The Morgan fingerprint density at radius 2 is 2.17 bits per heavy atom. The highest BCUT2D eigenvalue weighted by Crippen LogP contribution is 2.21. The van der Waals surface area contributed by atoms with Crippen LogP contribution in [-0.4, -0.2) is 9.97 Å². The minimum absolute atomic E-state index is 0.235. The summed E-state index contributed by atoms with van der Waals surface area (Å²) >= 11 is 4.96. The van der Waals surface area contributed by atoms with Crippen molar-refractivity contribution >= 4 is 28.6 Å². The Bertz CT molecular complexity index is 599. The molecule has 0 atom stereocenters. The normalized spacial score (nSPS) is 10.1. The number of thiocarbonyl (C=S) groups is 1. The van der Waals surface area contributed by atoms with Crippen LogP contribution < -0.4 is 11.1 Å². The fraction of sp³-hybridized carbons (Fsp3) is 0.0769. The number of halogens is 1. The second kappa shape index (κ2) is 5.10. The number of pyridine rings is 1. The van der Waals surface area contributed by atoms with E-state index >= 15 is 0 Å². The molecule has 1 aromatic carbocycles. The molecule has 5 heteroatoms. The van der Waals surface area contributed by atoms with Gasteiger partial charge in [-0.2, -0.15) is 0 Å². The van der Waals surface area contributed by atoms with Crippen LogP contribution in [0.15, 0.2) is 36.7 Å². The van der Waals surface area contributed by atoms with Gasteiger partial charge in [0, 0.05) is 17.4 Å². The zero-order chi connectivity index (χ0) is 13.1. The van der Waals surface area contributed by atoms with Crippen LogP contribution >= 0.6 is 12.2 Å². The van der Waals surface area contributed by atoms with Gasteiger partial charge >= 0.3 is 0 Å². The SMILES string of the molecule is Cc1cc(Nc2cnccc2C(N)=S)ccc1F. The van der Waals surface area contributed by atoms with E-state index in [9.17, 15) is 4.39 Å². The summed E-state index contributed by atoms with van der Waals surface area (Å²) < 4.78 is 13.2. The molecule has 2 rings (SSSR count). The summed E-state index contributed by atoms with van der Waals surface area (Å²) in [5.74, 6) is -0.235. The maximum Gasteiger partial charge on any atom is 0.126 e. The summed E-state index contributed by atoms with van der Waals surface area (Å²) in [6.07, 6.45) is 3.25. The summed E-state index contributed by atoms with van der Waals surface area (Å²) in [5.41, 5.74) is 8.37. The number of benzene rings is 1. The van der Waals surface area contributed by atoms with Gasteiger partial charge in [0.1, 0.15) is 10.8 Å². The summed E-state index contributed by atoms with van der Waals surface area (Å²) in [5, 5.41) is 3.13. The molecule has 0 unspecified atom stereocenters. The maximum absolute atomic E-state index is 13.2. The van der Waals surface area contributed by atoms with Crippen LogP contribution in [0.2, 0.25) is 0 Å². The number of nitrogens with one attached hydrogen (secondary N) is 1. The maximum atomic E-state index is 13.2. The molecule has 1 heterocycles. The second-order valence-electron chi connectivity index (χ2n) is 3.87. The molecule has 2 aromatic rings. The van der Waals surface area contributed by atoms with Crippen molar-refractivity contribution in [3.8, 4) is 0 Å². The van der Waals surface area contributed by atoms with Gasteiger partial charge in [-0.25, -0.2) is 4.39 Å². The molecule has 0 aliphatic rings. The smallest absolute Gasteiger partial charge is 0.126 e. The molecule has 0 bridgehead atoms. The van der Waals surface area contributed by atoms with Crippen LogP contribution in [0.5, 0.6) is 0 Å². The van der Waals surface area contributed by atoms with Crippen LogP contribution in [0, 0.1) is 12.7 Å². The van der Waals surface area contributed by atoms with Gasteiger partial charge in [0.05, 0.1) is 11.9 Å². The molecule has 0 radical (unpaired) electrons. The largest absolute Gasteiger partial charge is 0.389 e. The Balaban J connectivity index is 2.34. The fourth-order valence-corrected chi connectivity index (χ4v) is 1.76. The molecular formula is C13H12FN3S. The van der Waals surface area contributed by atoms with Crippen molar-refractivity contribution in [2.24, 2.45) is 5.73 Å². The number of anilines is 2. The van der Waals surface area contributed by atoms with Crippen LogP contribution in [0.4, 0.5) is 15.8 Å². The highest BCUT2D eigenvalue weighted by atomic mass is 32.1. The first-order valence-corrected chi connectivity index (χ1v) is 5.76. The molecule has 1 aromatic heterocycles. The van der Waals surface area contributed by atoms with Crippen molar-refractivity contribution in [1.82, 2.24) is 4.98 Å². The number of nitrogens with zero attached hydrogens (tertiary/aromatic N) is 1. The molecule has 0 saturated carbocycles. The van der Waals surface area contributed by atoms with E-state index in [2.05, 4.69) is 10.3 Å². The number of hydrogen-bond donors (Lipinski definition) is 2. The van der Waals surface area contributed by atoms with E-state index in [0.29, 0.717) is 21.8 Å². The van der Waals surface area contributed by atoms with E-state index in [1.54, 1.807) is 37.5 Å². The molecule has 18 heavy (non-hydrogen) atoms. The molecule has 3 nitrogen and oxygen atoms in total. The standard InChI is InChI=1S/C13H12FN3S/c1-8-6-9(2-3-11(8)14)17-12-7-16-5-4-10(12)13(15)18/h2-7,17H,1H3,(H2,15,18). The third kappa shape index (κ3) is 2.62. The monoisotopic (exact) mass is 261 g/mol. The lowest BCUT2D eigenvalue weighted by Gasteiger charge is -2.11. The van der Waals surface area contributed by atoms with Crippen LogP contribution in [0.3, 0.4) is 0 Å². The fourth-order valence-electron chi connectivity index (χ4n) is 1.59.